The SMILES string of the molecule is COCc1nc(NCc2noc(-c3ccccc3)n2)cc(C2CC(N)C2)n1.Cl.Cl. The van der Waals surface area contributed by atoms with Gasteiger partial charge in [-0.25, -0.2) is 9.97 Å². The molecule has 156 valence electrons. The molecule has 8 nitrogen and oxygen atoms in total. The molecule has 0 saturated heterocycles. The van der Waals surface area contributed by atoms with Crippen molar-refractivity contribution in [2.75, 3.05) is 12.4 Å². The van der Waals surface area contributed by atoms with Gasteiger partial charge in [0, 0.05) is 36.4 Å². The average molecular weight is 439 g/mol. The Morgan fingerprint density at radius 2 is 1.86 bits per heavy atom. The molecule has 0 radical (unpaired) electrons. The average Bonchev–Trinajstić information content (AvgIpc) is 3.14. The summed E-state index contributed by atoms with van der Waals surface area (Å²) in [5.74, 6) is 2.82. The predicted molar refractivity (Wildman–Crippen MR) is 114 cm³/mol. The Balaban J connectivity index is 0.00000150. The molecule has 0 aliphatic heterocycles. The number of rotatable bonds is 7. The van der Waals surface area contributed by atoms with E-state index in [4.69, 9.17) is 15.0 Å². The molecular weight excluding hydrogens is 415 g/mol. The molecule has 1 aliphatic rings. The summed E-state index contributed by atoms with van der Waals surface area (Å²) in [4.78, 5) is 13.5. The van der Waals surface area contributed by atoms with Crippen LogP contribution < -0.4 is 11.1 Å². The van der Waals surface area contributed by atoms with Crippen LogP contribution in [0.15, 0.2) is 40.9 Å². The number of nitrogens with zero attached hydrogens (tertiary/aromatic N) is 4. The summed E-state index contributed by atoms with van der Waals surface area (Å²) in [7, 11) is 1.63. The van der Waals surface area contributed by atoms with E-state index in [1.165, 1.54) is 0 Å². The monoisotopic (exact) mass is 438 g/mol. The number of halogens is 2. The van der Waals surface area contributed by atoms with Gasteiger partial charge in [-0.05, 0) is 25.0 Å². The number of aromatic nitrogens is 4. The van der Waals surface area contributed by atoms with E-state index < -0.39 is 0 Å². The van der Waals surface area contributed by atoms with Gasteiger partial charge in [0.1, 0.15) is 12.4 Å². The maximum absolute atomic E-state index is 5.92. The van der Waals surface area contributed by atoms with Crippen molar-refractivity contribution in [2.45, 2.75) is 38.0 Å². The van der Waals surface area contributed by atoms with Crippen molar-refractivity contribution < 1.29 is 9.26 Å². The Morgan fingerprint density at radius 1 is 1.10 bits per heavy atom. The van der Waals surface area contributed by atoms with Crippen LogP contribution in [-0.4, -0.2) is 33.3 Å². The van der Waals surface area contributed by atoms with Crippen LogP contribution in [0.1, 0.15) is 36.1 Å². The van der Waals surface area contributed by atoms with Gasteiger partial charge in [0.15, 0.2) is 11.6 Å². The Kier molecular flexibility index (Phi) is 8.33. The number of benzene rings is 1. The second-order valence-corrected chi connectivity index (χ2v) is 6.69. The summed E-state index contributed by atoms with van der Waals surface area (Å²) >= 11 is 0. The summed E-state index contributed by atoms with van der Waals surface area (Å²) in [6.45, 7) is 0.769. The van der Waals surface area contributed by atoms with E-state index in [1.54, 1.807) is 7.11 Å². The minimum atomic E-state index is 0. The van der Waals surface area contributed by atoms with E-state index in [0.29, 0.717) is 36.6 Å². The van der Waals surface area contributed by atoms with E-state index in [-0.39, 0.29) is 30.9 Å². The van der Waals surface area contributed by atoms with E-state index in [1.807, 2.05) is 36.4 Å². The van der Waals surface area contributed by atoms with Crippen molar-refractivity contribution in [3.05, 3.63) is 53.7 Å². The van der Waals surface area contributed by atoms with Crippen LogP contribution in [0.4, 0.5) is 5.82 Å². The summed E-state index contributed by atoms with van der Waals surface area (Å²) < 4.78 is 10.5. The second-order valence-electron chi connectivity index (χ2n) is 6.69. The highest BCUT2D eigenvalue weighted by atomic mass is 35.5. The van der Waals surface area contributed by atoms with Crippen molar-refractivity contribution >= 4 is 30.6 Å². The summed E-state index contributed by atoms with van der Waals surface area (Å²) in [5, 5.41) is 7.28. The third-order valence-electron chi connectivity index (χ3n) is 4.57. The van der Waals surface area contributed by atoms with Crippen LogP contribution in [0.25, 0.3) is 11.5 Å². The molecular formula is C19H24Cl2N6O2. The molecule has 4 rings (SSSR count). The molecule has 3 N–H and O–H groups in total. The van der Waals surface area contributed by atoms with Gasteiger partial charge in [0.05, 0.1) is 6.54 Å². The van der Waals surface area contributed by atoms with Gasteiger partial charge < -0.3 is 20.3 Å². The highest BCUT2D eigenvalue weighted by Crippen LogP contribution is 2.35. The maximum Gasteiger partial charge on any atom is 0.257 e. The smallest absolute Gasteiger partial charge is 0.257 e. The number of hydrogen-bond donors (Lipinski definition) is 2. The molecule has 29 heavy (non-hydrogen) atoms. The fourth-order valence-corrected chi connectivity index (χ4v) is 3.11. The Morgan fingerprint density at radius 3 is 2.55 bits per heavy atom. The first kappa shape index (κ1) is 23.0. The fraction of sp³-hybridized carbons (Fsp3) is 0.368. The van der Waals surface area contributed by atoms with Crippen LogP contribution in [0.5, 0.6) is 0 Å². The molecule has 2 aromatic heterocycles. The highest BCUT2D eigenvalue weighted by Gasteiger charge is 2.29. The van der Waals surface area contributed by atoms with E-state index in [2.05, 4.69) is 25.4 Å². The minimum absolute atomic E-state index is 0. The van der Waals surface area contributed by atoms with Crippen LogP contribution in [0.2, 0.25) is 0 Å². The van der Waals surface area contributed by atoms with E-state index >= 15 is 0 Å². The fourth-order valence-electron chi connectivity index (χ4n) is 3.11. The van der Waals surface area contributed by atoms with Gasteiger partial charge in [0.25, 0.3) is 5.89 Å². The number of anilines is 1. The van der Waals surface area contributed by atoms with Gasteiger partial charge in [-0.1, -0.05) is 23.4 Å². The van der Waals surface area contributed by atoms with Crippen molar-refractivity contribution in [2.24, 2.45) is 5.73 Å². The first-order valence-electron chi connectivity index (χ1n) is 8.95. The van der Waals surface area contributed by atoms with Crippen LogP contribution >= 0.6 is 24.8 Å². The summed E-state index contributed by atoms with van der Waals surface area (Å²) in [5.41, 5.74) is 7.81. The Labute approximate surface area is 181 Å². The van der Waals surface area contributed by atoms with Crippen LogP contribution in [0.3, 0.4) is 0 Å². The zero-order valence-electron chi connectivity index (χ0n) is 15.9. The van der Waals surface area contributed by atoms with Gasteiger partial charge in [-0.15, -0.1) is 24.8 Å². The number of nitrogens with one attached hydrogen (secondary N) is 1. The van der Waals surface area contributed by atoms with Crippen molar-refractivity contribution in [1.29, 1.82) is 0 Å². The molecule has 1 aliphatic carbocycles. The maximum atomic E-state index is 5.92. The Hall–Kier alpha value is -2.26. The molecule has 10 heteroatoms. The number of ether oxygens (including phenoxy) is 1. The van der Waals surface area contributed by atoms with Crippen molar-refractivity contribution in [3.8, 4) is 11.5 Å². The first-order chi connectivity index (χ1) is 13.2. The summed E-state index contributed by atoms with van der Waals surface area (Å²) in [6.07, 6.45) is 1.91. The molecule has 1 saturated carbocycles. The normalized spacial score (nSPS) is 17.6. The second kappa shape index (κ2) is 10.5. The number of hydrogen-bond acceptors (Lipinski definition) is 8. The number of nitrogens with two attached hydrogens (primary N) is 1. The molecule has 3 aromatic rings. The number of methoxy groups -OCH3 is 1. The molecule has 0 atom stereocenters. The van der Waals surface area contributed by atoms with Gasteiger partial charge in [0.2, 0.25) is 0 Å². The molecule has 1 fully saturated rings. The third-order valence-corrected chi connectivity index (χ3v) is 4.57. The Bertz CT molecular complexity index is 903. The van der Waals surface area contributed by atoms with Gasteiger partial charge in [-0.2, -0.15) is 4.98 Å². The lowest BCUT2D eigenvalue weighted by molar-refractivity contribution is 0.177. The third kappa shape index (κ3) is 5.63. The predicted octanol–water partition coefficient (Wildman–Crippen LogP) is 3.33. The van der Waals surface area contributed by atoms with Gasteiger partial charge in [-0.3, -0.25) is 0 Å². The zero-order chi connectivity index (χ0) is 18.6. The van der Waals surface area contributed by atoms with Crippen molar-refractivity contribution in [3.63, 3.8) is 0 Å². The lowest BCUT2D eigenvalue weighted by Gasteiger charge is -2.32. The molecule has 0 spiro atoms. The molecule has 0 bridgehead atoms. The first-order valence-corrected chi connectivity index (χ1v) is 8.95. The van der Waals surface area contributed by atoms with Crippen molar-refractivity contribution in [1.82, 2.24) is 20.1 Å². The quantitative estimate of drug-likeness (QED) is 0.577. The highest BCUT2D eigenvalue weighted by molar-refractivity contribution is 5.85. The lowest BCUT2D eigenvalue weighted by atomic mass is 9.78. The summed E-state index contributed by atoms with van der Waals surface area (Å²) in [6, 6.07) is 11.9. The lowest BCUT2D eigenvalue weighted by Crippen LogP contribution is -2.35. The van der Waals surface area contributed by atoms with E-state index in [0.717, 1.165) is 29.9 Å². The molecule has 0 unspecified atom stereocenters. The van der Waals surface area contributed by atoms with Gasteiger partial charge >= 0.3 is 0 Å². The molecule has 2 heterocycles. The van der Waals surface area contributed by atoms with Crippen LogP contribution in [0, 0.1) is 0 Å². The van der Waals surface area contributed by atoms with E-state index in [9.17, 15) is 0 Å². The van der Waals surface area contributed by atoms with Crippen LogP contribution in [-0.2, 0) is 17.9 Å². The largest absolute Gasteiger partial charge is 0.377 e. The molecule has 1 aromatic carbocycles. The molecule has 0 amide bonds. The zero-order valence-corrected chi connectivity index (χ0v) is 17.6. The standard InChI is InChI=1S/C19H22N6O2.2ClH/c1-26-11-18-22-15(13-7-14(20)8-13)9-16(23-18)21-10-17-24-19(27-25-17)12-5-3-2-4-6-12;;/h2-6,9,13-14H,7-8,10-11,20H2,1H3,(H,21,22,23);2*1H. The minimum Gasteiger partial charge on any atom is -0.377 e. The topological polar surface area (TPSA) is 112 Å².